The van der Waals surface area contributed by atoms with Crippen molar-refractivity contribution in [3.8, 4) is 5.75 Å². The van der Waals surface area contributed by atoms with Gasteiger partial charge in [0.05, 0.1) is 4.75 Å². The Kier molecular flexibility index (Phi) is 7.70. The first-order valence-electron chi connectivity index (χ1n) is 10.4. The van der Waals surface area contributed by atoms with Crippen molar-refractivity contribution in [1.29, 1.82) is 0 Å². The fourth-order valence-electron chi connectivity index (χ4n) is 3.11. The van der Waals surface area contributed by atoms with E-state index in [4.69, 9.17) is 4.74 Å². The zero-order valence-corrected chi connectivity index (χ0v) is 19.7. The maximum absolute atomic E-state index is 13.1. The van der Waals surface area contributed by atoms with Gasteiger partial charge in [-0.15, -0.1) is 0 Å². The molecule has 0 unspecified atom stereocenters. The number of hydrogen-bond donors (Lipinski definition) is 0. The highest BCUT2D eigenvalue weighted by Crippen LogP contribution is 2.33. The standard InChI is InChI=1S/C19H30N4O3S.C2H6/c1-15-13-20-18-12-16(26-11-10-22-8-6-21(5)7-9-22)17(14-23(15)18)27(24,25)19(2,3)4;1-2/h12-14H,6-11H2,1-5H3;1-2H3. The molecule has 0 N–H and O–H groups in total. The number of imidazole rings is 1. The van der Waals surface area contributed by atoms with Crippen LogP contribution in [0.15, 0.2) is 23.4 Å². The van der Waals surface area contributed by atoms with Gasteiger partial charge in [-0.1, -0.05) is 13.8 Å². The molecule has 0 atom stereocenters. The van der Waals surface area contributed by atoms with Gasteiger partial charge >= 0.3 is 0 Å². The summed E-state index contributed by atoms with van der Waals surface area (Å²) in [7, 11) is -1.43. The van der Waals surface area contributed by atoms with E-state index in [-0.39, 0.29) is 4.90 Å². The Morgan fingerprint density at radius 3 is 2.34 bits per heavy atom. The number of hydrogen-bond acceptors (Lipinski definition) is 6. The molecule has 7 nitrogen and oxygen atoms in total. The van der Waals surface area contributed by atoms with Crippen LogP contribution in [0.1, 0.15) is 40.3 Å². The maximum atomic E-state index is 13.1. The van der Waals surface area contributed by atoms with Gasteiger partial charge in [-0.25, -0.2) is 13.4 Å². The van der Waals surface area contributed by atoms with E-state index < -0.39 is 14.6 Å². The monoisotopic (exact) mass is 424 g/mol. The van der Waals surface area contributed by atoms with E-state index in [0.29, 0.717) is 18.0 Å². The Morgan fingerprint density at radius 2 is 1.76 bits per heavy atom. The molecule has 2 aromatic rings. The summed E-state index contributed by atoms with van der Waals surface area (Å²) in [6.07, 6.45) is 3.38. The number of likely N-dealkylation sites (N-methyl/N-ethyl adjacent to an activating group) is 1. The first-order chi connectivity index (χ1) is 13.6. The van der Waals surface area contributed by atoms with Crippen LogP contribution in [0.2, 0.25) is 0 Å². The second kappa shape index (κ2) is 9.45. The van der Waals surface area contributed by atoms with Gasteiger partial charge in [-0.05, 0) is 34.7 Å². The number of aromatic nitrogens is 2. The highest BCUT2D eigenvalue weighted by atomic mass is 32.2. The molecule has 2 aromatic heterocycles. The lowest BCUT2D eigenvalue weighted by Crippen LogP contribution is -2.45. The number of piperazine rings is 1. The Labute approximate surface area is 175 Å². The van der Waals surface area contributed by atoms with E-state index in [9.17, 15) is 8.42 Å². The van der Waals surface area contributed by atoms with Gasteiger partial charge in [-0.2, -0.15) is 0 Å². The van der Waals surface area contributed by atoms with Crippen LogP contribution in [-0.4, -0.2) is 78.7 Å². The van der Waals surface area contributed by atoms with Crippen LogP contribution < -0.4 is 4.74 Å². The van der Waals surface area contributed by atoms with E-state index in [1.807, 2.05) is 20.8 Å². The highest BCUT2D eigenvalue weighted by Gasteiger charge is 2.34. The largest absolute Gasteiger partial charge is 0.491 e. The number of aryl methyl sites for hydroxylation is 1. The molecular formula is C21H36N4O3S. The van der Waals surface area contributed by atoms with Crippen LogP contribution in [0.3, 0.4) is 0 Å². The van der Waals surface area contributed by atoms with Gasteiger partial charge in [-0.3, -0.25) is 4.90 Å². The van der Waals surface area contributed by atoms with Gasteiger partial charge in [0.15, 0.2) is 9.84 Å². The Morgan fingerprint density at radius 1 is 1.14 bits per heavy atom. The minimum atomic E-state index is -3.55. The zero-order chi connectivity index (χ0) is 21.8. The molecule has 0 spiro atoms. The van der Waals surface area contributed by atoms with E-state index in [2.05, 4.69) is 21.8 Å². The molecule has 29 heavy (non-hydrogen) atoms. The van der Waals surface area contributed by atoms with E-state index >= 15 is 0 Å². The molecular weight excluding hydrogens is 388 g/mol. The van der Waals surface area contributed by atoms with Crippen LogP contribution in [0.25, 0.3) is 5.65 Å². The van der Waals surface area contributed by atoms with Crippen molar-refractivity contribution in [3.05, 3.63) is 24.2 Å². The molecule has 3 heterocycles. The minimum absolute atomic E-state index is 0.224. The average molecular weight is 425 g/mol. The number of pyridine rings is 1. The summed E-state index contributed by atoms with van der Waals surface area (Å²) < 4.78 is 33.1. The molecule has 0 aliphatic carbocycles. The smallest absolute Gasteiger partial charge is 0.188 e. The summed E-state index contributed by atoms with van der Waals surface area (Å²) in [6.45, 7) is 16.4. The van der Waals surface area contributed by atoms with Crippen molar-refractivity contribution in [3.63, 3.8) is 0 Å². The van der Waals surface area contributed by atoms with Gasteiger partial charge in [0.1, 0.15) is 22.9 Å². The van der Waals surface area contributed by atoms with Gasteiger partial charge in [0.25, 0.3) is 0 Å². The summed E-state index contributed by atoms with van der Waals surface area (Å²) in [6, 6.07) is 1.73. The second-order valence-corrected chi connectivity index (χ2v) is 10.9. The quantitative estimate of drug-likeness (QED) is 0.735. The summed E-state index contributed by atoms with van der Waals surface area (Å²) in [5.41, 5.74) is 1.58. The Bertz CT molecular complexity index is 908. The fraction of sp³-hybridized carbons (Fsp3) is 0.667. The molecule has 0 saturated carbocycles. The van der Waals surface area contributed by atoms with E-state index in [0.717, 1.165) is 38.4 Å². The minimum Gasteiger partial charge on any atom is -0.491 e. The van der Waals surface area contributed by atoms with Crippen molar-refractivity contribution in [2.45, 2.75) is 51.2 Å². The molecule has 164 valence electrons. The van der Waals surface area contributed by atoms with Crippen molar-refractivity contribution in [1.82, 2.24) is 19.2 Å². The summed E-state index contributed by atoms with van der Waals surface area (Å²) >= 11 is 0. The van der Waals surface area contributed by atoms with Crippen LogP contribution in [-0.2, 0) is 9.84 Å². The molecule has 1 aliphatic heterocycles. The van der Waals surface area contributed by atoms with E-state index in [1.54, 1.807) is 43.6 Å². The lowest BCUT2D eigenvalue weighted by Gasteiger charge is -2.32. The molecule has 0 radical (unpaired) electrons. The van der Waals surface area contributed by atoms with Crippen LogP contribution >= 0.6 is 0 Å². The molecule has 1 fully saturated rings. The topological polar surface area (TPSA) is 67.2 Å². The van der Waals surface area contributed by atoms with Crippen molar-refractivity contribution in [2.75, 3.05) is 46.4 Å². The average Bonchev–Trinajstić information content (AvgIpc) is 3.03. The number of nitrogens with zero attached hydrogens (tertiary/aromatic N) is 4. The van der Waals surface area contributed by atoms with Crippen LogP contribution in [0.5, 0.6) is 5.75 Å². The van der Waals surface area contributed by atoms with Gasteiger partial charge in [0, 0.05) is 56.9 Å². The Balaban J connectivity index is 0.00000145. The SMILES string of the molecule is CC.Cc1cnc2cc(OCCN3CCN(C)CC3)c(S(=O)(=O)C(C)(C)C)cn12. The molecule has 0 aromatic carbocycles. The molecule has 1 aliphatic rings. The van der Waals surface area contributed by atoms with Crippen molar-refractivity contribution in [2.24, 2.45) is 0 Å². The molecule has 1 saturated heterocycles. The maximum Gasteiger partial charge on any atom is 0.188 e. The molecule has 0 amide bonds. The summed E-state index contributed by atoms with van der Waals surface area (Å²) in [4.78, 5) is 9.22. The van der Waals surface area contributed by atoms with Gasteiger partial charge in [0.2, 0.25) is 0 Å². The number of sulfone groups is 1. The number of rotatable bonds is 5. The number of fused-ring (bicyclic) bond motifs is 1. The fourth-order valence-corrected chi connectivity index (χ4v) is 4.40. The third kappa shape index (κ3) is 5.29. The molecule has 0 bridgehead atoms. The van der Waals surface area contributed by atoms with Crippen molar-refractivity contribution < 1.29 is 13.2 Å². The zero-order valence-electron chi connectivity index (χ0n) is 18.9. The summed E-state index contributed by atoms with van der Waals surface area (Å²) in [5, 5.41) is 0. The van der Waals surface area contributed by atoms with E-state index in [1.165, 1.54) is 0 Å². The lowest BCUT2D eigenvalue weighted by atomic mass is 10.3. The van der Waals surface area contributed by atoms with Crippen molar-refractivity contribution >= 4 is 15.5 Å². The Hall–Kier alpha value is -1.64. The predicted octanol–water partition coefficient (Wildman–Crippen LogP) is 2.87. The third-order valence-electron chi connectivity index (χ3n) is 5.12. The normalized spacial score (nSPS) is 16.5. The molecule has 8 heteroatoms. The number of ether oxygens (including phenoxy) is 1. The molecule has 3 rings (SSSR count). The van der Waals surface area contributed by atoms with Crippen LogP contribution in [0, 0.1) is 6.92 Å². The predicted molar refractivity (Wildman–Crippen MR) is 118 cm³/mol. The second-order valence-electron chi connectivity index (χ2n) is 8.24. The summed E-state index contributed by atoms with van der Waals surface area (Å²) in [5.74, 6) is 0.386. The van der Waals surface area contributed by atoms with Crippen LogP contribution in [0.4, 0.5) is 0 Å². The van der Waals surface area contributed by atoms with Gasteiger partial charge < -0.3 is 14.0 Å². The highest BCUT2D eigenvalue weighted by molar-refractivity contribution is 7.92. The first kappa shape index (κ1) is 23.6. The third-order valence-corrected chi connectivity index (χ3v) is 7.61. The first-order valence-corrected chi connectivity index (χ1v) is 11.8. The lowest BCUT2D eigenvalue weighted by molar-refractivity contribution is 0.133.